The van der Waals surface area contributed by atoms with E-state index in [1.807, 2.05) is 25.1 Å². The number of carbonyl (C=O) groups is 1. The SMILES string of the molecule is CCOc1ccc(NC(=O)Cn2c(=O)n(C3CCCCC3)c3ncccc32)cc1. The Morgan fingerprint density at radius 1 is 1.17 bits per heavy atom. The lowest BCUT2D eigenvalue weighted by Crippen LogP contribution is -2.31. The largest absolute Gasteiger partial charge is 0.494 e. The van der Waals surface area contributed by atoms with Gasteiger partial charge in [0.05, 0.1) is 12.1 Å². The average Bonchev–Trinajstić information content (AvgIpc) is 3.02. The van der Waals surface area contributed by atoms with Crippen LogP contribution in [0.2, 0.25) is 0 Å². The molecule has 152 valence electrons. The summed E-state index contributed by atoms with van der Waals surface area (Å²) in [5.74, 6) is 0.506. The van der Waals surface area contributed by atoms with Crippen LogP contribution in [-0.4, -0.2) is 26.6 Å². The third-order valence-corrected chi connectivity index (χ3v) is 5.41. The number of nitrogens with zero attached hydrogens (tertiary/aromatic N) is 3. The number of pyridine rings is 1. The summed E-state index contributed by atoms with van der Waals surface area (Å²) in [5.41, 5.74) is 1.87. The van der Waals surface area contributed by atoms with Crippen molar-refractivity contribution in [1.82, 2.24) is 14.1 Å². The Balaban J connectivity index is 1.58. The van der Waals surface area contributed by atoms with Crippen LogP contribution in [0, 0.1) is 0 Å². The summed E-state index contributed by atoms with van der Waals surface area (Å²) < 4.78 is 8.74. The quantitative estimate of drug-likeness (QED) is 0.691. The highest BCUT2D eigenvalue weighted by atomic mass is 16.5. The molecule has 0 bridgehead atoms. The van der Waals surface area contributed by atoms with Crippen LogP contribution in [0.4, 0.5) is 5.69 Å². The molecule has 1 saturated carbocycles. The number of imidazole rings is 1. The van der Waals surface area contributed by atoms with Crippen LogP contribution in [0.25, 0.3) is 11.2 Å². The summed E-state index contributed by atoms with van der Waals surface area (Å²) in [6.45, 7) is 2.47. The van der Waals surface area contributed by atoms with E-state index in [1.54, 1.807) is 29.0 Å². The van der Waals surface area contributed by atoms with Crippen LogP contribution in [0.15, 0.2) is 47.4 Å². The van der Waals surface area contributed by atoms with Crippen molar-refractivity contribution >= 4 is 22.8 Å². The Labute approximate surface area is 169 Å². The number of anilines is 1. The first-order valence-electron chi connectivity index (χ1n) is 10.3. The van der Waals surface area contributed by atoms with Crippen LogP contribution < -0.4 is 15.7 Å². The molecule has 29 heavy (non-hydrogen) atoms. The second kappa shape index (κ2) is 8.51. The molecule has 4 rings (SSSR count). The standard InChI is InChI=1S/C22H26N4O3/c1-2-29-18-12-10-16(11-13-18)24-20(27)15-25-19-9-6-14-23-21(19)26(22(25)28)17-7-4-3-5-8-17/h6,9-14,17H,2-5,7-8,15H2,1H3,(H,24,27). The highest BCUT2D eigenvalue weighted by Gasteiger charge is 2.23. The van der Waals surface area contributed by atoms with Gasteiger partial charge in [-0.3, -0.25) is 13.9 Å². The lowest BCUT2D eigenvalue weighted by molar-refractivity contribution is -0.116. The molecule has 1 N–H and O–H groups in total. The third-order valence-electron chi connectivity index (χ3n) is 5.41. The molecule has 0 aliphatic heterocycles. The van der Waals surface area contributed by atoms with Gasteiger partial charge in [-0.2, -0.15) is 0 Å². The Bertz CT molecular complexity index is 1050. The maximum atomic E-state index is 13.2. The van der Waals surface area contributed by atoms with Crippen LogP contribution in [0.1, 0.15) is 45.1 Å². The second-order valence-corrected chi connectivity index (χ2v) is 7.38. The van der Waals surface area contributed by atoms with E-state index in [4.69, 9.17) is 4.74 Å². The Kier molecular flexibility index (Phi) is 5.64. The van der Waals surface area contributed by atoms with Crippen molar-refractivity contribution in [3.8, 4) is 5.75 Å². The molecule has 3 aromatic rings. The van der Waals surface area contributed by atoms with Crippen molar-refractivity contribution < 1.29 is 9.53 Å². The zero-order valence-corrected chi connectivity index (χ0v) is 16.6. The van der Waals surface area contributed by atoms with E-state index in [1.165, 1.54) is 11.0 Å². The van der Waals surface area contributed by atoms with Crippen LogP contribution >= 0.6 is 0 Å². The van der Waals surface area contributed by atoms with E-state index in [0.717, 1.165) is 31.4 Å². The van der Waals surface area contributed by atoms with E-state index in [0.29, 0.717) is 23.5 Å². The summed E-state index contributed by atoms with van der Waals surface area (Å²) in [5, 5.41) is 2.86. The van der Waals surface area contributed by atoms with Gasteiger partial charge in [0.2, 0.25) is 5.91 Å². The van der Waals surface area contributed by atoms with Gasteiger partial charge in [0, 0.05) is 17.9 Å². The van der Waals surface area contributed by atoms with E-state index >= 15 is 0 Å². The van der Waals surface area contributed by atoms with Crippen molar-refractivity contribution in [3.05, 3.63) is 53.1 Å². The Hall–Kier alpha value is -3.09. The van der Waals surface area contributed by atoms with Crippen molar-refractivity contribution in [1.29, 1.82) is 0 Å². The summed E-state index contributed by atoms with van der Waals surface area (Å²) in [7, 11) is 0. The first-order valence-corrected chi connectivity index (χ1v) is 10.3. The van der Waals surface area contributed by atoms with Crippen LogP contribution in [0.3, 0.4) is 0 Å². The van der Waals surface area contributed by atoms with E-state index in [9.17, 15) is 9.59 Å². The molecule has 1 aliphatic rings. The number of fused-ring (bicyclic) bond motifs is 1. The lowest BCUT2D eigenvalue weighted by atomic mass is 9.95. The van der Waals surface area contributed by atoms with E-state index in [-0.39, 0.29) is 24.2 Å². The van der Waals surface area contributed by atoms with Crippen molar-refractivity contribution in [2.75, 3.05) is 11.9 Å². The number of hydrogen-bond donors (Lipinski definition) is 1. The number of benzene rings is 1. The van der Waals surface area contributed by atoms with Gasteiger partial charge >= 0.3 is 5.69 Å². The van der Waals surface area contributed by atoms with Gasteiger partial charge in [0.1, 0.15) is 12.3 Å². The number of nitrogens with one attached hydrogen (secondary N) is 1. The number of amides is 1. The first kappa shape index (κ1) is 19.2. The molecule has 0 spiro atoms. The molecular formula is C22H26N4O3. The number of hydrogen-bond acceptors (Lipinski definition) is 4. The molecule has 0 atom stereocenters. The summed E-state index contributed by atoms with van der Waals surface area (Å²) in [6, 6.07) is 11.0. The number of carbonyl (C=O) groups excluding carboxylic acids is 1. The van der Waals surface area contributed by atoms with Gasteiger partial charge in [0.15, 0.2) is 5.65 Å². The molecule has 0 unspecified atom stereocenters. The van der Waals surface area contributed by atoms with Crippen molar-refractivity contribution in [2.24, 2.45) is 0 Å². The van der Waals surface area contributed by atoms with Crippen molar-refractivity contribution in [3.63, 3.8) is 0 Å². The minimum absolute atomic E-state index is 0.0477. The van der Waals surface area contributed by atoms with E-state index < -0.39 is 0 Å². The molecule has 1 aromatic carbocycles. The van der Waals surface area contributed by atoms with Crippen LogP contribution in [0.5, 0.6) is 5.75 Å². The summed E-state index contributed by atoms with van der Waals surface area (Å²) >= 11 is 0. The first-order chi connectivity index (χ1) is 14.2. The van der Waals surface area contributed by atoms with Gasteiger partial charge in [-0.25, -0.2) is 9.78 Å². The smallest absolute Gasteiger partial charge is 0.331 e. The number of rotatable bonds is 6. The summed E-state index contributed by atoms with van der Waals surface area (Å²) in [4.78, 5) is 30.3. The molecule has 0 saturated heterocycles. The van der Waals surface area contributed by atoms with Crippen LogP contribution in [-0.2, 0) is 11.3 Å². The fourth-order valence-corrected chi connectivity index (χ4v) is 4.07. The fraction of sp³-hybridized carbons (Fsp3) is 0.409. The molecule has 2 heterocycles. The summed E-state index contributed by atoms with van der Waals surface area (Å²) in [6.07, 6.45) is 7.11. The zero-order chi connectivity index (χ0) is 20.2. The molecule has 1 aliphatic carbocycles. The molecule has 1 fully saturated rings. The topological polar surface area (TPSA) is 78.1 Å². The minimum atomic E-state index is -0.247. The Morgan fingerprint density at radius 2 is 1.93 bits per heavy atom. The van der Waals surface area contributed by atoms with Crippen molar-refractivity contribution in [2.45, 2.75) is 51.6 Å². The highest BCUT2D eigenvalue weighted by Crippen LogP contribution is 2.29. The van der Waals surface area contributed by atoms with Gasteiger partial charge in [0.25, 0.3) is 0 Å². The highest BCUT2D eigenvalue weighted by molar-refractivity contribution is 5.91. The number of aromatic nitrogens is 3. The normalized spacial score (nSPS) is 14.8. The maximum absolute atomic E-state index is 13.2. The van der Waals surface area contributed by atoms with Gasteiger partial charge < -0.3 is 10.1 Å². The maximum Gasteiger partial charge on any atom is 0.331 e. The molecule has 7 heteroatoms. The molecule has 1 amide bonds. The molecule has 7 nitrogen and oxygen atoms in total. The predicted molar refractivity (Wildman–Crippen MR) is 112 cm³/mol. The van der Waals surface area contributed by atoms with Gasteiger partial charge in [-0.05, 0) is 56.2 Å². The zero-order valence-electron chi connectivity index (χ0n) is 16.6. The average molecular weight is 394 g/mol. The monoisotopic (exact) mass is 394 g/mol. The fourth-order valence-electron chi connectivity index (χ4n) is 4.07. The molecule has 2 aromatic heterocycles. The van der Waals surface area contributed by atoms with Gasteiger partial charge in [-0.1, -0.05) is 19.3 Å². The molecule has 0 radical (unpaired) electrons. The predicted octanol–water partition coefficient (Wildman–Crippen LogP) is 3.74. The van der Waals surface area contributed by atoms with E-state index in [2.05, 4.69) is 10.3 Å². The number of ether oxygens (including phenoxy) is 1. The molecular weight excluding hydrogens is 368 g/mol. The minimum Gasteiger partial charge on any atom is -0.494 e. The Morgan fingerprint density at radius 3 is 2.66 bits per heavy atom. The third kappa shape index (κ3) is 4.04. The lowest BCUT2D eigenvalue weighted by Gasteiger charge is -2.22. The second-order valence-electron chi connectivity index (χ2n) is 7.38. The van der Waals surface area contributed by atoms with Gasteiger partial charge in [-0.15, -0.1) is 0 Å².